The Balaban J connectivity index is 2.12. The summed E-state index contributed by atoms with van der Waals surface area (Å²) in [6.45, 7) is 0. The Morgan fingerprint density at radius 1 is 0.960 bits per heavy atom. The van der Waals surface area contributed by atoms with Crippen LogP contribution in [0.15, 0.2) is 36.4 Å². The van der Waals surface area contributed by atoms with E-state index in [1.54, 1.807) is 12.1 Å². The van der Waals surface area contributed by atoms with Crippen LogP contribution < -0.4 is 19.5 Å². The van der Waals surface area contributed by atoms with Gasteiger partial charge < -0.3 is 19.5 Å². The first kappa shape index (κ1) is 18.3. The van der Waals surface area contributed by atoms with Crippen molar-refractivity contribution in [2.24, 2.45) is 0 Å². The van der Waals surface area contributed by atoms with Crippen molar-refractivity contribution >= 4 is 17.4 Å². The monoisotopic (exact) mass is 347 g/mol. The lowest BCUT2D eigenvalue weighted by Gasteiger charge is -2.14. The number of halogens is 1. The van der Waals surface area contributed by atoms with Gasteiger partial charge in [-0.05, 0) is 24.3 Å². The molecular formula is C18H18FNO5. The molecule has 0 unspecified atom stereocenters. The number of nitrogens with one attached hydrogen (secondary N) is 1. The fourth-order valence-electron chi connectivity index (χ4n) is 2.24. The van der Waals surface area contributed by atoms with E-state index in [9.17, 15) is 14.0 Å². The molecule has 0 aromatic heterocycles. The van der Waals surface area contributed by atoms with Crippen LogP contribution in [0.5, 0.6) is 17.2 Å². The summed E-state index contributed by atoms with van der Waals surface area (Å²) in [5, 5.41) is 2.61. The average molecular weight is 347 g/mol. The van der Waals surface area contributed by atoms with Crippen LogP contribution in [0.3, 0.4) is 0 Å². The van der Waals surface area contributed by atoms with Crippen LogP contribution in [-0.2, 0) is 4.79 Å². The molecule has 0 aliphatic rings. The van der Waals surface area contributed by atoms with Crippen molar-refractivity contribution in [1.82, 2.24) is 0 Å². The van der Waals surface area contributed by atoms with Crippen molar-refractivity contribution in [2.75, 3.05) is 26.6 Å². The summed E-state index contributed by atoms with van der Waals surface area (Å²) in [6, 6.07) is 8.13. The minimum absolute atomic E-state index is 0.265. The highest BCUT2D eigenvalue weighted by Crippen LogP contribution is 2.39. The molecule has 0 radical (unpaired) electrons. The third-order valence-electron chi connectivity index (χ3n) is 3.44. The van der Waals surface area contributed by atoms with Crippen LogP contribution in [0.4, 0.5) is 10.1 Å². The van der Waals surface area contributed by atoms with Gasteiger partial charge in [-0.25, -0.2) is 4.39 Å². The van der Waals surface area contributed by atoms with E-state index in [2.05, 4.69) is 5.32 Å². The number of amides is 1. The minimum Gasteiger partial charge on any atom is -0.493 e. The van der Waals surface area contributed by atoms with Crippen molar-refractivity contribution in [1.29, 1.82) is 0 Å². The molecule has 0 heterocycles. The Morgan fingerprint density at radius 2 is 1.52 bits per heavy atom. The molecule has 25 heavy (non-hydrogen) atoms. The molecule has 1 amide bonds. The molecule has 0 aliphatic carbocycles. The normalized spacial score (nSPS) is 10.1. The van der Waals surface area contributed by atoms with E-state index in [4.69, 9.17) is 14.2 Å². The van der Waals surface area contributed by atoms with Gasteiger partial charge in [-0.3, -0.25) is 9.59 Å². The van der Waals surface area contributed by atoms with Crippen LogP contribution >= 0.6 is 0 Å². The van der Waals surface area contributed by atoms with E-state index in [0.29, 0.717) is 22.9 Å². The van der Waals surface area contributed by atoms with Crippen molar-refractivity contribution in [3.8, 4) is 17.2 Å². The zero-order chi connectivity index (χ0) is 18.4. The predicted molar refractivity (Wildman–Crippen MR) is 90.1 cm³/mol. The second-order valence-electron chi connectivity index (χ2n) is 5.07. The van der Waals surface area contributed by atoms with Gasteiger partial charge in [0.05, 0.1) is 27.8 Å². The number of ether oxygens (including phenoxy) is 3. The molecule has 2 aromatic rings. The Morgan fingerprint density at radius 3 is 2.00 bits per heavy atom. The maximum absolute atomic E-state index is 12.9. The Bertz CT molecular complexity index is 749. The summed E-state index contributed by atoms with van der Waals surface area (Å²) in [5.41, 5.74) is 0.660. The smallest absolute Gasteiger partial charge is 0.232 e. The maximum atomic E-state index is 12.9. The molecule has 0 saturated carbocycles. The summed E-state index contributed by atoms with van der Waals surface area (Å²) in [6.07, 6.45) is -0.373. The zero-order valence-electron chi connectivity index (χ0n) is 14.1. The molecule has 0 saturated heterocycles. The molecule has 2 aromatic carbocycles. The van der Waals surface area contributed by atoms with Crippen molar-refractivity contribution in [2.45, 2.75) is 6.42 Å². The number of carbonyl (C=O) groups excluding carboxylic acids is 2. The largest absolute Gasteiger partial charge is 0.493 e. The van der Waals surface area contributed by atoms with E-state index < -0.39 is 17.5 Å². The van der Waals surface area contributed by atoms with Crippen LogP contribution in [0.2, 0.25) is 0 Å². The number of ketones is 1. The standard InChI is InChI=1S/C18H18FNO5/c1-23-15-8-13(9-16(24-2)18(15)25-3)20-17(22)10-14(21)11-4-6-12(19)7-5-11/h4-9H,10H2,1-3H3,(H,20,22). The van der Waals surface area contributed by atoms with Gasteiger partial charge in [0.25, 0.3) is 0 Å². The van der Waals surface area contributed by atoms with Crippen LogP contribution in [-0.4, -0.2) is 33.0 Å². The van der Waals surface area contributed by atoms with E-state index in [1.165, 1.54) is 45.6 Å². The molecule has 132 valence electrons. The molecule has 1 N–H and O–H groups in total. The highest BCUT2D eigenvalue weighted by Gasteiger charge is 2.16. The molecule has 0 fully saturated rings. The third-order valence-corrected chi connectivity index (χ3v) is 3.44. The highest BCUT2D eigenvalue weighted by atomic mass is 19.1. The van der Waals surface area contributed by atoms with E-state index in [1.807, 2.05) is 0 Å². The quantitative estimate of drug-likeness (QED) is 0.615. The van der Waals surface area contributed by atoms with Gasteiger partial charge in [0.2, 0.25) is 11.7 Å². The fourth-order valence-corrected chi connectivity index (χ4v) is 2.24. The van der Waals surface area contributed by atoms with Crippen molar-refractivity contribution in [3.63, 3.8) is 0 Å². The van der Waals surface area contributed by atoms with Crippen molar-refractivity contribution < 1.29 is 28.2 Å². The first-order valence-electron chi connectivity index (χ1n) is 7.37. The number of hydrogen-bond donors (Lipinski definition) is 1. The SMILES string of the molecule is COc1cc(NC(=O)CC(=O)c2ccc(F)cc2)cc(OC)c1OC. The number of Topliss-reactive ketones (excluding diaryl/α,β-unsaturated/α-hetero) is 1. The average Bonchev–Trinajstić information content (AvgIpc) is 2.61. The Hall–Kier alpha value is -3.09. The van der Waals surface area contributed by atoms with E-state index >= 15 is 0 Å². The van der Waals surface area contributed by atoms with Gasteiger partial charge in [0, 0.05) is 23.4 Å². The van der Waals surface area contributed by atoms with E-state index in [0.717, 1.165) is 0 Å². The van der Waals surface area contributed by atoms with Crippen LogP contribution in [0.25, 0.3) is 0 Å². The summed E-state index contributed by atoms with van der Waals surface area (Å²) < 4.78 is 28.5. The minimum atomic E-state index is -0.511. The summed E-state index contributed by atoms with van der Waals surface area (Å²) >= 11 is 0. The second kappa shape index (κ2) is 8.14. The highest BCUT2D eigenvalue weighted by molar-refractivity contribution is 6.11. The van der Waals surface area contributed by atoms with Crippen LogP contribution in [0, 0.1) is 5.82 Å². The Labute approximate surface area is 144 Å². The van der Waals surface area contributed by atoms with Crippen molar-refractivity contribution in [3.05, 3.63) is 47.8 Å². The molecule has 7 heteroatoms. The van der Waals surface area contributed by atoms with Gasteiger partial charge >= 0.3 is 0 Å². The topological polar surface area (TPSA) is 73.9 Å². The number of methoxy groups -OCH3 is 3. The lowest BCUT2D eigenvalue weighted by molar-refractivity contribution is -0.115. The molecule has 6 nitrogen and oxygen atoms in total. The molecule has 0 atom stereocenters. The number of carbonyl (C=O) groups is 2. The lowest BCUT2D eigenvalue weighted by Crippen LogP contribution is -2.16. The van der Waals surface area contributed by atoms with Gasteiger partial charge in [-0.2, -0.15) is 0 Å². The van der Waals surface area contributed by atoms with Gasteiger partial charge in [0.15, 0.2) is 17.3 Å². The third kappa shape index (κ3) is 4.47. The fraction of sp³-hybridized carbons (Fsp3) is 0.222. The molecule has 0 aliphatic heterocycles. The molecular weight excluding hydrogens is 329 g/mol. The molecule has 2 rings (SSSR count). The lowest BCUT2D eigenvalue weighted by atomic mass is 10.1. The summed E-state index contributed by atoms with van der Waals surface area (Å²) in [5.74, 6) is -0.221. The zero-order valence-corrected chi connectivity index (χ0v) is 14.1. The number of hydrogen-bond acceptors (Lipinski definition) is 5. The number of anilines is 1. The second-order valence-corrected chi connectivity index (χ2v) is 5.07. The van der Waals surface area contributed by atoms with Gasteiger partial charge in [-0.1, -0.05) is 0 Å². The van der Waals surface area contributed by atoms with Crippen LogP contribution in [0.1, 0.15) is 16.8 Å². The molecule has 0 bridgehead atoms. The van der Waals surface area contributed by atoms with Gasteiger partial charge in [-0.15, -0.1) is 0 Å². The number of rotatable bonds is 7. The first-order valence-corrected chi connectivity index (χ1v) is 7.37. The molecule has 0 spiro atoms. The Kier molecular flexibility index (Phi) is 5.94. The first-order chi connectivity index (χ1) is 12.0. The summed E-state index contributed by atoms with van der Waals surface area (Å²) in [7, 11) is 4.39. The predicted octanol–water partition coefficient (Wildman–Crippen LogP) is 3.06. The number of benzene rings is 2. The van der Waals surface area contributed by atoms with Gasteiger partial charge in [0.1, 0.15) is 5.82 Å². The maximum Gasteiger partial charge on any atom is 0.232 e. The summed E-state index contributed by atoms with van der Waals surface area (Å²) in [4.78, 5) is 24.1. The van der Waals surface area contributed by atoms with E-state index in [-0.39, 0.29) is 12.0 Å².